The van der Waals surface area contributed by atoms with E-state index >= 15 is 0 Å². The number of amides is 1. The van der Waals surface area contributed by atoms with E-state index in [0.717, 1.165) is 31.2 Å². The van der Waals surface area contributed by atoms with Gasteiger partial charge in [-0.2, -0.15) is 5.26 Å². The number of hydrogen-bond donors (Lipinski definition) is 1. The number of benzene rings is 1. The van der Waals surface area contributed by atoms with Gasteiger partial charge < -0.3 is 5.32 Å². The smallest absolute Gasteiger partial charge is 0.262 e. The van der Waals surface area contributed by atoms with E-state index in [4.69, 9.17) is 0 Å². The van der Waals surface area contributed by atoms with Crippen LogP contribution in [-0.2, 0) is 10.3 Å². The maximum Gasteiger partial charge on any atom is 0.262 e. The van der Waals surface area contributed by atoms with Crippen LogP contribution < -0.4 is 5.32 Å². The predicted octanol–water partition coefficient (Wildman–Crippen LogP) is 4.73. The molecule has 1 aromatic heterocycles. The zero-order valence-electron chi connectivity index (χ0n) is 14.4. The van der Waals surface area contributed by atoms with Crippen molar-refractivity contribution in [3.63, 3.8) is 0 Å². The molecule has 1 heterocycles. The summed E-state index contributed by atoms with van der Waals surface area (Å²) >= 11 is 3.31. The number of aromatic nitrogens is 1. The lowest BCUT2D eigenvalue weighted by molar-refractivity contribution is -0.119. The van der Waals surface area contributed by atoms with E-state index in [-0.39, 0.29) is 11.5 Å². The average molecular weight is 410 g/mol. The lowest BCUT2D eigenvalue weighted by Crippen LogP contribution is -2.47. The van der Waals surface area contributed by atoms with E-state index in [2.05, 4.69) is 38.4 Å². The molecular formula is C21H20BrN3O. The number of nitriles is 1. The molecule has 0 saturated heterocycles. The third-order valence-corrected chi connectivity index (χ3v) is 5.22. The summed E-state index contributed by atoms with van der Waals surface area (Å²) in [4.78, 5) is 17.1. The quantitative estimate of drug-likeness (QED) is 0.450. The first-order valence-corrected chi connectivity index (χ1v) is 9.55. The average Bonchev–Trinajstić information content (AvgIpc) is 2.67. The summed E-state index contributed by atoms with van der Waals surface area (Å²) < 4.78 is 0.664. The molecule has 0 bridgehead atoms. The van der Waals surface area contributed by atoms with Crippen molar-refractivity contribution in [2.24, 2.45) is 0 Å². The molecule has 0 aliphatic heterocycles. The Morgan fingerprint density at radius 2 is 1.85 bits per heavy atom. The summed E-state index contributed by atoms with van der Waals surface area (Å²) in [6.45, 7) is 0. The van der Waals surface area contributed by atoms with Crippen molar-refractivity contribution >= 4 is 27.9 Å². The maximum atomic E-state index is 12.9. The molecule has 0 atom stereocenters. The fraction of sp³-hybridized carbons (Fsp3) is 0.286. The van der Waals surface area contributed by atoms with Gasteiger partial charge in [0, 0.05) is 0 Å². The highest BCUT2D eigenvalue weighted by atomic mass is 79.9. The molecule has 1 amide bonds. The Morgan fingerprint density at radius 1 is 1.12 bits per heavy atom. The molecule has 1 aliphatic carbocycles. The van der Waals surface area contributed by atoms with Gasteiger partial charge in [-0.1, -0.05) is 55.7 Å². The highest BCUT2D eigenvalue weighted by Crippen LogP contribution is 2.37. The highest BCUT2D eigenvalue weighted by Gasteiger charge is 2.35. The summed E-state index contributed by atoms with van der Waals surface area (Å²) in [5, 5.41) is 12.7. The molecule has 132 valence electrons. The third kappa shape index (κ3) is 4.20. The van der Waals surface area contributed by atoms with Crippen LogP contribution in [0.1, 0.15) is 43.4 Å². The molecule has 1 aliphatic rings. The molecule has 26 heavy (non-hydrogen) atoms. The number of nitrogens with one attached hydrogen (secondary N) is 1. The van der Waals surface area contributed by atoms with E-state index in [1.54, 1.807) is 12.1 Å². The number of nitrogens with zero attached hydrogens (tertiary/aromatic N) is 2. The Bertz CT molecular complexity index is 849. The maximum absolute atomic E-state index is 12.9. The van der Waals surface area contributed by atoms with Crippen LogP contribution in [0.5, 0.6) is 0 Å². The molecule has 1 fully saturated rings. The van der Waals surface area contributed by atoms with Crippen LogP contribution in [0.3, 0.4) is 0 Å². The van der Waals surface area contributed by atoms with E-state index < -0.39 is 5.54 Å². The Hall–Kier alpha value is -2.45. The lowest BCUT2D eigenvalue weighted by atomic mass is 9.76. The minimum absolute atomic E-state index is 0.0662. The summed E-state index contributed by atoms with van der Waals surface area (Å²) in [6, 6.07) is 17.5. The number of hydrogen-bond acceptors (Lipinski definition) is 3. The second-order valence-electron chi connectivity index (χ2n) is 6.52. The number of rotatable bonds is 4. The van der Waals surface area contributed by atoms with Crippen molar-refractivity contribution in [1.29, 1.82) is 5.26 Å². The first kappa shape index (κ1) is 18.3. The number of pyridine rings is 1. The van der Waals surface area contributed by atoms with Gasteiger partial charge in [-0.25, -0.2) is 4.98 Å². The van der Waals surface area contributed by atoms with Gasteiger partial charge in [0.15, 0.2) is 0 Å². The van der Waals surface area contributed by atoms with Gasteiger partial charge in [0.05, 0.1) is 11.2 Å². The van der Waals surface area contributed by atoms with Gasteiger partial charge >= 0.3 is 0 Å². The molecule has 1 aromatic carbocycles. The lowest BCUT2D eigenvalue weighted by Gasteiger charge is -2.38. The molecule has 3 rings (SSSR count). The van der Waals surface area contributed by atoms with Crippen LogP contribution in [0, 0.1) is 11.3 Å². The summed E-state index contributed by atoms with van der Waals surface area (Å²) in [5.74, 6) is -0.347. The normalized spacial score (nSPS) is 16.5. The number of halogens is 1. The van der Waals surface area contributed by atoms with Gasteiger partial charge in [0.2, 0.25) is 0 Å². The van der Waals surface area contributed by atoms with E-state index in [1.165, 1.54) is 12.5 Å². The van der Waals surface area contributed by atoms with Crippen molar-refractivity contribution < 1.29 is 4.79 Å². The van der Waals surface area contributed by atoms with Gasteiger partial charge in [-0.05, 0) is 52.5 Å². The topological polar surface area (TPSA) is 65.8 Å². The first-order chi connectivity index (χ1) is 12.6. The van der Waals surface area contributed by atoms with Gasteiger partial charge in [-0.15, -0.1) is 0 Å². The van der Waals surface area contributed by atoms with Crippen LogP contribution >= 0.6 is 15.9 Å². The summed E-state index contributed by atoms with van der Waals surface area (Å²) in [6.07, 6.45) is 6.60. The largest absolute Gasteiger partial charge is 0.342 e. The molecular weight excluding hydrogens is 390 g/mol. The Labute approximate surface area is 162 Å². The van der Waals surface area contributed by atoms with Crippen molar-refractivity contribution in [1.82, 2.24) is 10.3 Å². The second-order valence-corrected chi connectivity index (χ2v) is 7.33. The zero-order chi connectivity index (χ0) is 18.4. The molecule has 0 unspecified atom stereocenters. The van der Waals surface area contributed by atoms with Crippen molar-refractivity contribution in [3.8, 4) is 6.07 Å². The fourth-order valence-corrected chi connectivity index (χ4v) is 3.84. The minimum atomic E-state index is -0.406. The zero-order valence-corrected chi connectivity index (χ0v) is 16.0. The standard InChI is InChI=1S/C21H20BrN3O/c22-19-11-7-10-18(24-19)14-16(15-23)20(26)25-21(12-5-2-6-13-21)17-8-3-1-4-9-17/h1,3-4,7-11,14H,2,5-6,12-13H2,(H,25,26). The monoisotopic (exact) mass is 409 g/mol. The molecule has 5 heteroatoms. The van der Waals surface area contributed by atoms with E-state index in [1.807, 2.05) is 30.3 Å². The molecule has 2 aromatic rings. The van der Waals surface area contributed by atoms with Crippen molar-refractivity contribution in [2.45, 2.75) is 37.6 Å². The molecule has 0 spiro atoms. The van der Waals surface area contributed by atoms with Crippen LogP contribution in [-0.4, -0.2) is 10.9 Å². The Morgan fingerprint density at radius 3 is 2.50 bits per heavy atom. The van der Waals surface area contributed by atoms with Crippen LogP contribution in [0.25, 0.3) is 6.08 Å². The first-order valence-electron chi connectivity index (χ1n) is 8.75. The van der Waals surface area contributed by atoms with Crippen LogP contribution in [0.4, 0.5) is 0 Å². The van der Waals surface area contributed by atoms with Gasteiger partial charge in [0.25, 0.3) is 5.91 Å². The molecule has 4 nitrogen and oxygen atoms in total. The molecule has 1 saturated carbocycles. The number of carbonyl (C=O) groups excluding carboxylic acids is 1. The Kier molecular flexibility index (Phi) is 5.85. The SMILES string of the molecule is N#CC(=Cc1cccc(Br)n1)C(=O)NC1(c2ccccc2)CCCCC1. The molecule has 0 radical (unpaired) electrons. The van der Waals surface area contributed by atoms with E-state index in [9.17, 15) is 10.1 Å². The van der Waals surface area contributed by atoms with E-state index in [0.29, 0.717) is 10.3 Å². The third-order valence-electron chi connectivity index (χ3n) is 4.78. The highest BCUT2D eigenvalue weighted by molar-refractivity contribution is 9.10. The van der Waals surface area contributed by atoms with Crippen LogP contribution in [0.2, 0.25) is 0 Å². The van der Waals surface area contributed by atoms with Crippen molar-refractivity contribution in [2.75, 3.05) is 0 Å². The van der Waals surface area contributed by atoms with Gasteiger partial charge in [-0.3, -0.25) is 4.79 Å². The summed E-state index contributed by atoms with van der Waals surface area (Å²) in [5.41, 5.74) is 1.34. The molecule has 1 N–H and O–H groups in total. The predicted molar refractivity (Wildman–Crippen MR) is 105 cm³/mol. The van der Waals surface area contributed by atoms with Crippen molar-refractivity contribution in [3.05, 3.63) is 70.0 Å². The van der Waals surface area contributed by atoms with Crippen LogP contribution in [0.15, 0.2) is 58.7 Å². The van der Waals surface area contributed by atoms with Gasteiger partial charge in [0.1, 0.15) is 16.2 Å². The Balaban J connectivity index is 1.88. The number of carbonyl (C=O) groups is 1. The summed E-state index contributed by atoms with van der Waals surface area (Å²) in [7, 11) is 0. The minimum Gasteiger partial charge on any atom is -0.342 e. The second kappa shape index (κ2) is 8.29. The fourth-order valence-electron chi connectivity index (χ4n) is 3.48.